The van der Waals surface area contributed by atoms with Gasteiger partial charge in [-0.05, 0) is 11.6 Å². The zero-order valence-electron chi connectivity index (χ0n) is 13.2. The first-order valence-corrected chi connectivity index (χ1v) is 7.42. The van der Waals surface area contributed by atoms with Crippen LogP contribution in [0.3, 0.4) is 0 Å². The Bertz CT molecular complexity index is 900. The van der Waals surface area contributed by atoms with E-state index < -0.39 is 27.6 Å². The summed E-state index contributed by atoms with van der Waals surface area (Å²) in [4.78, 5) is 14.6. The van der Waals surface area contributed by atoms with Crippen molar-refractivity contribution >= 4 is 23.1 Å². The molecule has 1 fully saturated rings. The van der Waals surface area contributed by atoms with Crippen molar-refractivity contribution in [2.75, 3.05) is 14.2 Å². The lowest BCUT2D eigenvalue weighted by molar-refractivity contribution is -0.384. The van der Waals surface area contributed by atoms with Gasteiger partial charge in [-0.1, -0.05) is 17.7 Å². The molecule has 1 aromatic rings. The number of nitrogens with zero attached hydrogens (tertiary/aromatic N) is 4. The molecule has 1 aliphatic heterocycles. The van der Waals surface area contributed by atoms with Crippen molar-refractivity contribution in [1.29, 1.82) is 10.5 Å². The van der Waals surface area contributed by atoms with Gasteiger partial charge in [0.15, 0.2) is 5.41 Å². The lowest BCUT2D eigenvalue weighted by Gasteiger charge is -2.29. The fourth-order valence-electron chi connectivity index (χ4n) is 3.87. The number of hydrogen-bond acceptors (Lipinski definition) is 8. The average Bonchev–Trinajstić information content (AvgIpc) is 3.18. The van der Waals surface area contributed by atoms with Gasteiger partial charge < -0.3 is 15.2 Å². The summed E-state index contributed by atoms with van der Waals surface area (Å²) < 4.78 is 10.6. The summed E-state index contributed by atoms with van der Waals surface area (Å²) >= 11 is 5.84. The van der Waals surface area contributed by atoms with Gasteiger partial charge in [-0.3, -0.25) is 10.1 Å². The van der Waals surface area contributed by atoms with E-state index in [1.165, 1.54) is 32.4 Å². The van der Waals surface area contributed by atoms with Crippen LogP contribution in [0.2, 0.25) is 5.02 Å². The number of ether oxygens (including phenoxy) is 2. The summed E-state index contributed by atoms with van der Waals surface area (Å²) in [6, 6.07) is 8.21. The van der Waals surface area contributed by atoms with Gasteiger partial charge in [0.2, 0.25) is 0 Å². The molecule has 2 aliphatic rings. The molecule has 0 unspecified atom stereocenters. The fourth-order valence-corrected chi connectivity index (χ4v) is 4.06. The molecule has 2 N–H and O–H groups in total. The van der Waals surface area contributed by atoms with Crippen LogP contribution in [-0.2, 0) is 9.47 Å². The van der Waals surface area contributed by atoms with Crippen LogP contribution in [0.5, 0.6) is 0 Å². The molecule has 3 rings (SSSR count). The highest BCUT2D eigenvalue weighted by Gasteiger charge is 2.93. The van der Waals surface area contributed by atoms with Crippen molar-refractivity contribution in [2.45, 2.75) is 11.8 Å². The molecule has 3 atom stereocenters. The second kappa shape index (κ2) is 5.14. The quantitative estimate of drug-likeness (QED) is 0.487. The van der Waals surface area contributed by atoms with Gasteiger partial charge >= 0.3 is 0 Å². The molecule has 0 aromatic heterocycles. The largest absolute Gasteiger partial charge is 0.386 e. The molecule has 0 radical (unpaired) electrons. The van der Waals surface area contributed by atoms with Crippen molar-refractivity contribution in [2.24, 2.45) is 21.6 Å². The molecule has 25 heavy (non-hydrogen) atoms. The van der Waals surface area contributed by atoms with E-state index in [9.17, 15) is 20.6 Å². The topological polar surface area (TPSA) is 148 Å². The maximum atomic E-state index is 11.2. The van der Waals surface area contributed by atoms with E-state index >= 15 is 0 Å². The van der Waals surface area contributed by atoms with Crippen molar-refractivity contribution in [3.05, 3.63) is 38.9 Å². The number of amidine groups is 1. The number of nitrogens with two attached hydrogens (primary N) is 1. The van der Waals surface area contributed by atoms with Crippen molar-refractivity contribution in [3.8, 4) is 12.1 Å². The maximum Gasteiger partial charge on any atom is 0.292 e. The van der Waals surface area contributed by atoms with Gasteiger partial charge in [-0.2, -0.15) is 10.5 Å². The van der Waals surface area contributed by atoms with Crippen molar-refractivity contribution in [3.63, 3.8) is 0 Å². The van der Waals surface area contributed by atoms with Crippen molar-refractivity contribution in [1.82, 2.24) is 0 Å². The van der Waals surface area contributed by atoms with Crippen LogP contribution in [0.25, 0.3) is 0 Å². The molecule has 0 amide bonds. The molecule has 0 spiro atoms. The summed E-state index contributed by atoms with van der Waals surface area (Å²) in [5.74, 6) is -2.70. The van der Waals surface area contributed by atoms with Gasteiger partial charge in [-0.25, -0.2) is 4.99 Å². The number of methoxy groups -OCH3 is 2. The lowest BCUT2D eigenvalue weighted by atomic mass is 9.93. The van der Waals surface area contributed by atoms with E-state index in [1.54, 1.807) is 0 Å². The highest BCUT2D eigenvalue weighted by molar-refractivity contribution is 6.32. The molecular weight excluding hydrogens is 350 g/mol. The van der Waals surface area contributed by atoms with E-state index in [1.807, 2.05) is 0 Å². The maximum absolute atomic E-state index is 11.2. The number of halogens is 1. The van der Waals surface area contributed by atoms with Crippen LogP contribution in [0.15, 0.2) is 23.2 Å². The van der Waals surface area contributed by atoms with E-state index in [0.29, 0.717) is 5.56 Å². The number of nitro benzene ring substituents is 1. The van der Waals surface area contributed by atoms with Gasteiger partial charge in [0.05, 0.1) is 17.1 Å². The molecule has 9 nitrogen and oxygen atoms in total. The summed E-state index contributed by atoms with van der Waals surface area (Å²) in [5.41, 5.74) is 2.92. The number of aliphatic imine (C=N–C) groups is 1. The van der Waals surface area contributed by atoms with E-state index in [0.717, 1.165) is 0 Å². The average molecular weight is 362 g/mol. The molecular formula is C15H12ClN5O4. The number of nitriles is 2. The first-order valence-electron chi connectivity index (χ1n) is 7.04. The zero-order chi connectivity index (χ0) is 18.6. The first kappa shape index (κ1) is 17.1. The standard InChI is InChI=1S/C15H12ClN5O4/c1-24-15(25-2)14(7-18)11(13(14,6-17)12(19)20-15)8-3-4-9(16)10(5-8)21(22)23/h3-5,11H,1-2H3,(H2,19,20)/t11-,13-,14-/m1/s1. The second-order valence-corrected chi connectivity index (χ2v) is 6.13. The zero-order valence-corrected chi connectivity index (χ0v) is 13.9. The van der Waals surface area contributed by atoms with Crippen LogP contribution < -0.4 is 5.73 Å². The number of fused-ring (bicyclic) bond motifs is 1. The van der Waals surface area contributed by atoms with Gasteiger partial charge in [0.25, 0.3) is 11.6 Å². The predicted molar refractivity (Wildman–Crippen MR) is 85.3 cm³/mol. The Balaban J connectivity index is 2.25. The van der Waals surface area contributed by atoms with Crippen LogP contribution in [0.1, 0.15) is 11.5 Å². The molecule has 10 heteroatoms. The summed E-state index contributed by atoms with van der Waals surface area (Å²) in [5, 5.41) is 30.8. The van der Waals surface area contributed by atoms with E-state index in [4.69, 9.17) is 26.8 Å². The molecule has 1 saturated carbocycles. The Morgan fingerprint density at radius 1 is 1.36 bits per heavy atom. The first-order chi connectivity index (χ1) is 11.8. The van der Waals surface area contributed by atoms with E-state index in [-0.39, 0.29) is 16.5 Å². The third kappa shape index (κ3) is 1.65. The minimum absolute atomic E-state index is 0.0528. The number of nitro groups is 1. The van der Waals surface area contributed by atoms with Gasteiger partial charge in [-0.15, -0.1) is 0 Å². The SMILES string of the molecule is COC1(OC)N=C(N)[C@@]2(C#N)[C@@H](c3ccc(Cl)c([N+](=O)[O-])c3)[C@@]12C#N. The second-order valence-electron chi connectivity index (χ2n) is 5.73. The Morgan fingerprint density at radius 3 is 2.48 bits per heavy atom. The molecule has 0 saturated heterocycles. The van der Waals surface area contributed by atoms with Crippen molar-refractivity contribution < 1.29 is 14.4 Å². The van der Waals surface area contributed by atoms with Crippen LogP contribution in [-0.4, -0.2) is 30.9 Å². The minimum atomic E-state index is -1.78. The normalized spacial score (nSPS) is 31.4. The molecule has 128 valence electrons. The highest BCUT2D eigenvalue weighted by Crippen LogP contribution is 2.81. The summed E-state index contributed by atoms with van der Waals surface area (Å²) in [6.07, 6.45) is 0. The number of benzene rings is 1. The van der Waals surface area contributed by atoms with Gasteiger partial charge in [0, 0.05) is 26.2 Å². The van der Waals surface area contributed by atoms with E-state index in [2.05, 4.69) is 17.1 Å². The Hall–Kier alpha value is -2.72. The number of hydrogen-bond donors (Lipinski definition) is 1. The predicted octanol–water partition coefficient (Wildman–Crippen LogP) is 1.68. The Labute approximate surface area is 147 Å². The number of rotatable bonds is 4. The Kier molecular flexibility index (Phi) is 3.52. The molecule has 1 aromatic carbocycles. The van der Waals surface area contributed by atoms with Crippen LogP contribution in [0.4, 0.5) is 5.69 Å². The smallest absolute Gasteiger partial charge is 0.292 e. The summed E-state index contributed by atoms with van der Waals surface area (Å²) in [7, 11) is 2.57. The summed E-state index contributed by atoms with van der Waals surface area (Å²) in [6.45, 7) is 0. The monoisotopic (exact) mass is 361 g/mol. The molecule has 1 heterocycles. The van der Waals surface area contributed by atoms with Gasteiger partial charge in [0.1, 0.15) is 16.3 Å². The lowest BCUT2D eigenvalue weighted by Crippen LogP contribution is -2.41. The minimum Gasteiger partial charge on any atom is -0.386 e. The third-order valence-electron chi connectivity index (χ3n) is 4.98. The van der Waals surface area contributed by atoms with Crippen LogP contribution >= 0.6 is 11.6 Å². The molecule has 1 aliphatic carbocycles. The Morgan fingerprint density at radius 2 is 2.00 bits per heavy atom. The highest BCUT2D eigenvalue weighted by atomic mass is 35.5. The molecule has 0 bridgehead atoms. The van der Waals surface area contributed by atoms with Crippen LogP contribution in [0, 0.1) is 43.6 Å². The third-order valence-corrected chi connectivity index (χ3v) is 5.30. The fraction of sp³-hybridized carbons (Fsp3) is 0.400.